The Labute approximate surface area is 104 Å². The van der Waals surface area contributed by atoms with Crippen LogP contribution in [-0.4, -0.2) is 45.4 Å². The second-order valence-corrected chi connectivity index (χ2v) is 3.54. The van der Waals surface area contributed by atoms with Crippen LogP contribution in [0.25, 0.3) is 0 Å². The Bertz CT molecular complexity index is 375. The van der Waals surface area contributed by atoms with Gasteiger partial charge in [0.1, 0.15) is 0 Å². The third-order valence-corrected chi connectivity index (χ3v) is 2.31. The summed E-state index contributed by atoms with van der Waals surface area (Å²) in [5.41, 5.74) is 5.40. The number of hydrogen-bond acceptors (Lipinski definition) is 6. The molecule has 1 rings (SSSR count). The lowest BCUT2D eigenvalue weighted by Crippen LogP contribution is -2.35. The molecule has 1 amide bonds. The van der Waals surface area contributed by atoms with Gasteiger partial charge in [0.25, 0.3) is 0 Å². The van der Waals surface area contributed by atoms with E-state index < -0.39 is 0 Å². The molecule has 7 nitrogen and oxygen atoms in total. The van der Waals surface area contributed by atoms with E-state index in [0.717, 1.165) is 0 Å². The van der Waals surface area contributed by atoms with E-state index in [1.165, 1.54) is 0 Å². The summed E-state index contributed by atoms with van der Waals surface area (Å²) in [7, 11) is 0. The summed E-state index contributed by atoms with van der Waals surface area (Å²) in [4.78, 5) is 24.6. The van der Waals surface area contributed by atoms with Gasteiger partial charge in [0.05, 0.1) is 6.54 Å². The van der Waals surface area contributed by atoms with Gasteiger partial charge in [-0.25, -0.2) is 0 Å². The lowest BCUT2D eigenvalue weighted by molar-refractivity contribution is -0.128. The maximum absolute atomic E-state index is 11.7. The summed E-state index contributed by atoms with van der Waals surface area (Å²) >= 11 is 5.60. The number of carbonyl (C=O) groups is 1. The highest BCUT2D eigenvalue weighted by atomic mass is 35.5. The van der Waals surface area contributed by atoms with E-state index in [2.05, 4.69) is 20.3 Å². The second-order valence-electron chi connectivity index (χ2n) is 3.21. The summed E-state index contributed by atoms with van der Waals surface area (Å²) in [5.74, 6) is 0.177. The Balaban J connectivity index is 2.58. The molecule has 0 saturated carbocycles. The van der Waals surface area contributed by atoms with Gasteiger partial charge in [0.15, 0.2) is 0 Å². The first-order valence-electron chi connectivity index (χ1n) is 5.25. The smallest absolute Gasteiger partial charge is 0.241 e. The molecular formula is C9H15ClN6O. The zero-order chi connectivity index (χ0) is 12.8. The molecular weight excluding hydrogens is 244 g/mol. The van der Waals surface area contributed by atoms with Crippen molar-refractivity contribution in [1.82, 2.24) is 19.9 Å². The number of anilines is 2. The Hall–Kier alpha value is -1.63. The standard InChI is InChI=1S/C9H15ClN6O/c1-3-16(4-2)6(17)5-12-9-14-7(10)13-8(11)15-9/h3-5H2,1-2H3,(H3,11,12,13,14,15). The third-order valence-electron chi connectivity index (χ3n) is 2.14. The number of hydrogen-bond donors (Lipinski definition) is 2. The molecule has 1 aromatic rings. The summed E-state index contributed by atoms with van der Waals surface area (Å²) in [6.07, 6.45) is 0. The highest BCUT2D eigenvalue weighted by Crippen LogP contribution is 2.06. The van der Waals surface area contributed by atoms with Crippen LogP contribution in [0.2, 0.25) is 5.28 Å². The fraction of sp³-hybridized carbons (Fsp3) is 0.556. The average molecular weight is 259 g/mol. The number of nitrogens with two attached hydrogens (primary N) is 1. The topological polar surface area (TPSA) is 97.0 Å². The van der Waals surface area contributed by atoms with E-state index in [1.807, 2.05) is 13.8 Å². The molecule has 0 fully saturated rings. The van der Waals surface area contributed by atoms with Crippen molar-refractivity contribution in [2.24, 2.45) is 0 Å². The quantitative estimate of drug-likeness (QED) is 0.793. The van der Waals surface area contributed by atoms with Crippen LogP contribution in [0.5, 0.6) is 0 Å². The lowest BCUT2D eigenvalue weighted by atomic mass is 10.4. The molecule has 0 aliphatic rings. The van der Waals surface area contributed by atoms with E-state index >= 15 is 0 Å². The molecule has 3 N–H and O–H groups in total. The summed E-state index contributed by atoms with van der Waals surface area (Å²) < 4.78 is 0. The van der Waals surface area contributed by atoms with Gasteiger partial charge >= 0.3 is 0 Å². The number of rotatable bonds is 5. The van der Waals surface area contributed by atoms with Crippen molar-refractivity contribution >= 4 is 29.4 Å². The minimum atomic E-state index is -0.0369. The number of nitrogen functional groups attached to an aromatic ring is 1. The van der Waals surface area contributed by atoms with Crippen molar-refractivity contribution < 1.29 is 4.79 Å². The molecule has 1 aromatic heterocycles. The molecule has 17 heavy (non-hydrogen) atoms. The minimum absolute atomic E-state index is 0.00436. The molecule has 0 atom stereocenters. The van der Waals surface area contributed by atoms with Crippen LogP contribution in [0.3, 0.4) is 0 Å². The predicted molar refractivity (Wildman–Crippen MR) is 65.7 cm³/mol. The monoisotopic (exact) mass is 258 g/mol. The second kappa shape index (κ2) is 6.19. The van der Waals surface area contributed by atoms with E-state index in [4.69, 9.17) is 17.3 Å². The Morgan fingerprint density at radius 1 is 1.35 bits per heavy atom. The van der Waals surface area contributed by atoms with E-state index in [-0.39, 0.29) is 29.6 Å². The van der Waals surface area contributed by atoms with Crippen LogP contribution in [0.1, 0.15) is 13.8 Å². The predicted octanol–water partition coefficient (Wildman–Crippen LogP) is 0.387. The molecule has 0 radical (unpaired) electrons. The van der Waals surface area contributed by atoms with Crippen molar-refractivity contribution in [1.29, 1.82) is 0 Å². The first-order valence-corrected chi connectivity index (χ1v) is 5.63. The van der Waals surface area contributed by atoms with Crippen LogP contribution >= 0.6 is 11.6 Å². The molecule has 0 aliphatic carbocycles. The van der Waals surface area contributed by atoms with E-state index in [1.54, 1.807) is 4.90 Å². The first kappa shape index (κ1) is 13.4. The zero-order valence-electron chi connectivity index (χ0n) is 9.77. The van der Waals surface area contributed by atoms with Gasteiger partial charge < -0.3 is 16.0 Å². The molecule has 0 saturated heterocycles. The zero-order valence-corrected chi connectivity index (χ0v) is 10.5. The van der Waals surface area contributed by atoms with Gasteiger partial charge in [-0.1, -0.05) is 0 Å². The van der Waals surface area contributed by atoms with Gasteiger partial charge in [-0.15, -0.1) is 0 Å². The van der Waals surface area contributed by atoms with Crippen molar-refractivity contribution in [2.45, 2.75) is 13.8 Å². The molecule has 0 aliphatic heterocycles. The SMILES string of the molecule is CCN(CC)C(=O)CNc1nc(N)nc(Cl)n1. The summed E-state index contributed by atoms with van der Waals surface area (Å²) in [5, 5.41) is 2.75. The molecule has 0 aromatic carbocycles. The van der Waals surface area contributed by atoms with Gasteiger partial charge in [0, 0.05) is 13.1 Å². The molecule has 0 bridgehead atoms. The lowest BCUT2D eigenvalue weighted by Gasteiger charge is -2.18. The molecule has 0 unspecified atom stereocenters. The van der Waals surface area contributed by atoms with Crippen LogP contribution < -0.4 is 11.1 Å². The average Bonchev–Trinajstić information content (AvgIpc) is 2.27. The Morgan fingerprint density at radius 3 is 2.53 bits per heavy atom. The number of nitrogens with zero attached hydrogens (tertiary/aromatic N) is 4. The molecule has 8 heteroatoms. The summed E-state index contributed by atoms with van der Waals surface area (Å²) in [6.45, 7) is 5.26. The molecule has 94 valence electrons. The van der Waals surface area contributed by atoms with Gasteiger partial charge in [-0.3, -0.25) is 4.79 Å². The van der Waals surface area contributed by atoms with Crippen molar-refractivity contribution in [3.8, 4) is 0 Å². The molecule has 1 heterocycles. The first-order chi connectivity index (χ1) is 8.06. The number of aromatic nitrogens is 3. The maximum atomic E-state index is 11.7. The Morgan fingerprint density at radius 2 is 2.00 bits per heavy atom. The van der Waals surface area contributed by atoms with Gasteiger partial charge in [0.2, 0.25) is 23.1 Å². The van der Waals surface area contributed by atoms with E-state index in [0.29, 0.717) is 13.1 Å². The van der Waals surface area contributed by atoms with Crippen molar-refractivity contribution in [2.75, 3.05) is 30.7 Å². The van der Waals surface area contributed by atoms with Crippen LogP contribution in [0.15, 0.2) is 0 Å². The van der Waals surface area contributed by atoms with E-state index in [9.17, 15) is 4.79 Å². The third kappa shape index (κ3) is 4.03. The number of carbonyl (C=O) groups excluding carboxylic acids is 1. The molecule has 0 spiro atoms. The normalized spacial score (nSPS) is 10.1. The van der Waals surface area contributed by atoms with Crippen LogP contribution in [0, 0.1) is 0 Å². The number of halogens is 1. The van der Waals surface area contributed by atoms with Crippen LogP contribution in [0.4, 0.5) is 11.9 Å². The number of amides is 1. The summed E-state index contributed by atoms with van der Waals surface area (Å²) in [6, 6.07) is 0. The highest BCUT2D eigenvalue weighted by Gasteiger charge is 2.10. The van der Waals surface area contributed by atoms with Crippen molar-refractivity contribution in [3.05, 3.63) is 5.28 Å². The maximum Gasteiger partial charge on any atom is 0.241 e. The van der Waals surface area contributed by atoms with Crippen molar-refractivity contribution in [3.63, 3.8) is 0 Å². The number of nitrogens with one attached hydrogen (secondary N) is 1. The largest absolute Gasteiger partial charge is 0.368 e. The minimum Gasteiger partial charge on any atom is -0.368 e. The highest BCUT2D eigenvalue weighted by molar-refractivity contribution is 6.28. The van der Waals surface area contributed by atoms with Gasteiger partial charge in [-0.2, -0.15) is 15.0 Å². The van der Waals surface area contributed by atoms with Crippen LogP contribution in [-0.2, 0) is 4.79 Å². The fourth-order valence-electron chi connectivity index (χ4n) is 1.29. The Kier molecular flexibility index (Phi) is 4.89. The fourth-order valence-corrected chi connectivity index (χ4v) is 1.45. The number of likely N-dealkylation sites (N-methyl/N-ethyl adjacent to an activating group) is 1. The van der Waals surface area contributed by atoms with Gasteiger partial charge in [-0.05, 0) is 25.4 Å².